The first-order valence-corrected chi connectivity index (χ1v) is 14.0. The van der Waals surface area contributed by atoms with Gasteiger partial charge in [0.25, 0.3) is 0 Å². The van der Waals surface area contributed by atoms with Crippen molar-refractivity contribution in [2.45, 2.75) is 116 Å². The summed E-state index contributed by atoms with van der Waals surface area (Å²) in [6.45, 7) is 17.5. The van der Waals surface area contributed by atoms with Crippen molar-refractivity contribution in [3.8, 4) is 11.3 Å². The van der Waals surface area contributed by atoms with Gasteiger partial charge in [-0.2, -0.15) is 0 Å². The normalized spacial score (nSPS) is 17.4. The molecule has 1 unspecified atom stereocenters. The summed E-state index contributed by atoms with van der Waals surface area (Å²) in [6, 6.07) is 8.78. The molecule has 1 saturated carbocycles. The SMILES string of the molecule is Cc1c(S(N)(=O)=O)cc(-c2cc(C(C)(C)C)cc(C(C)(C)C)c2)n1C(C)CC1CCCCC1. The fourth-order valence-electron chi connectivity index (χ4n) is 5.33. The van der Waals surface area contributed by atoms with E-state index in [-0.39, 0.29) is 21.8 Å². The van der Waals surface area contributed by atoms with E-state index in [0.717, 1.165) is 23.4 Å². The second-order valence-electron chi connectivity index (χ2n) is 12.3. The fourth-order valence-corrected chi connectivity index (χ4v) is 6.11. The van der Waals surface area contributed by atoms with Gasteiger partial charge in [-0.05, 0) is 71.9 Å². The highest BCUT2D eigenvalue weighted by Crippen LogP contribution is 2.39. The summed E-state index contributed by atoms with van der Waals surface area (Å²) < 4.78 is 27.2. The lowest BCUT2D eigenvalue weighted by Gasteiger charge is -2.29. The van der Waals surface area contributed by atoms with Gasteiger partial charge in [0, 0.05) is 17.4 Å². The Morgan fingerprint density at radius 1 is 0.939 bits per heavy atom. The zero-order valence-electron chi connectivity index (χ0n) is 22.0. The largest absolute Gasteiger partial charge is 0.341 e. The summed E-state index contributed by atoms with van der Waals surface area (Å²) >= 11 is 0. The molecular weight excluding hydrogens is 428 g/mol. The summed E-state index contributed by atoms with van der Waals surface area (Å²) in [5.74, 6) is 0.701. The Morgan fingerprint density at radius 2 is 1.45 bits per heavy atom. The van der Waals surface area contributed by atoms with Gasteiger partial charge in [-0.3, -0.25) is 0 Å². The Morgan fingerprint density at radius 3 is 1.91 bits per heavy atom. The first-order valence-electron chi connectivity index (χ1n) is 12.5. The number of primary sulfonamides is 1. The van der Waals surface area contributed by atoms with E-state index >= 15 is 0 Å². The van der Waals surface area contributed by atoms with Crippen molar-refractivity contribution >= 4 is 10.0 Å². The Labute approximate surface area is 202 Å². The lowest BCUT2D eigenvalue weighted by atomic mass is 9.79. The molecule has 33 heavy (non-hydrogen) atoms. The number of nitrogens with two attached hydrogens (primary N) is 1. The maximum Gasteiger partial charge on any atom is 0.239 e. The van der Waals surface area contributed by atoms with Crippen molar-refractivity contribution in [2.24, 2.45) is 11.1 Å². The Bertz CT molecular complexity index is 1060. The van der Waals surface area contributed by atoms with Crippen molar-refractivity contribution in [1.29, 1.82) is 0 Å². The van der Waals surface area contributed by atoms with Crippen LogP contribution in [0, 0.1) is 12.8 Å². The summed E-state index contributed by atoms with van der Waals surface area (Å²) in [5, 5.41) is 5.66. The summed E-state index contributed by atoms with van der Waals surface area (Å²) in [6.07, 6.45) is 7.56. The van der Waals surface area contributed by atoms with Crippen molar-refractivity contribution in [2.75, 3.05) is 0 Å². The highest BCUT2D eigenvalue weighted by molar-refractivity contribution is 7.89. The van der Waals surface area contributed by atoms with Crippen molar-refractivity contribution in [1.82, 2.24) is 4.57 Å². The summed E-state index contributed by atoms with van der Waals surface area (Å²) in [7, 11) is -3.81. The third kappa shape index (κ3) is 5.92. The van der Waals surface area contributed by atoms with Crippen LogP contribution in [0.25, 0.3) is 11.3 Å². The number of benzene rings is 1. The van der Waals surface area contributed by atoms with E-state index in [1.54, 1.807) is 6.07 Å². The van der Waals surface area contributed by atoms with Gasteiger partial charge in [0.2, 0.25) is 10.0 Å². The standard InChI is InChI=1S/C28H44N2O2S/c1-19(14-21-12-10-9-11-13-21)30-20(2)26(33(29,31)32)18-25(30)22-15-23(27(3,4)5)17-24(16-22)28(6,7)8/h15-19,21H,9-14H2,1-8H3,(H2,29,31,32). The summed E-state index contributed by atoms with van der Waals surface area (Å²) in [4.78, 5) is 0.242. The molecule has 0 saturated heterocycles. The van der Waals surface area contributed by atoms with Crippen LogP contribution in [-0.4, -0.2) is 13.0 Å². The van der Waals surface area contributed by atoms with Crippen LogP contribution in [0.4, 0.5) is 0 Å². The van der Waals surface area contributed by atoms with Crippen LogP contribution in [0.15, 0.2) is 29.2 Å². The fraction of sp³-hybridized carbons (Fsp3) is 0.643. The van der Waals surface area contributed by atoms with Gasteiger partial charge in [0.05, 0.1) is 0 Å². The number of nitrogens with zero attached hydrogens (tertiary/aromatic N) is 1. The van der Waals surface area contributed by atoms with Crippen molar-refractivity contribution in [3.63, 3.8) is 0 Å². The van der Waals surface area contributed by atoms with E-state index < -0.39 is 10.0 Å². The lowest BCUT2D eigenvalue weighted by molar-refractivity contribution is 0.295. The second kappa shape index (κ2) is 9.22. The van der Waals surface area contributed by atoms with Gasteiger partial charge in [-0.1, -0.05) is 79.7 Å². The van der Waals surface area contributed by atoms with Crippen molar-refractivity contribution < 1.29 is 8.42 Å². The minimum absolute atomic E-state index is 0.0149. The number of sulfonamides is 1. The zero-order chi connectivity index (χ0) is 24.8. The van der Waals surface area contributed by atoms with Crippen LogP contribution in [0.1, 0.15) is 110 Å². The molecule has 184 valence electrons. The molecule has 0 aliphatic heterocycles. The van der Waals surface area contributed by atoms with E-state index in [2.05, 4.69) is 71.2 Å². The molecule has 1 aromatic heterocycles. The molecule has 1 fully saturated rings. The van der Waals surface area contributed by atoms with Crippen LogP contribution in [0.2, 0.25) is 0 Å². The highest BCUT2D eigenvalue weighted by Gasteiger charge is 2.27. The minimum atomic E-state index is -3.81. The molecule has 1 aliphatic rings. The molecule has 4 nitrogen and oxygen atoms in total. The number of hydrogen-bond donors (Lipinski definition) is 1. The molecule has 0 bridgehead atoms. The summed E-state index contributed by atoms with van der Waals surface area (Å²) in [5.41, 5.74) is 5.25. The molecule has 5 heteroatoms. The van der Waals surface area contributed by atoms with Gasteiger partial charge in [0.1, 0.15) is 4.90 Å². The van der Waals surface area contributed by atoms with E-state index in [0.29, 0.717) is 5.92 Å². The van der Waals surface area contributed by atoms with Gasteiger partial charge >= 0.3 is 0 Å². The molecule has 2 N–H and O–H groups in total. The zero-order valence-corrected chi connectivity index (χ0v) is 22.8. The van der Waals surface area contributed by atoms with Gasteiger partial charge in [-0.25, -0.2) is 13.6 Å². The third-order valence-corrected chi connectivity index (χ3v) is 8.38. The minimum Gasteiger partial charge on any atom is -0.341 e. The molecular formula is C28H44N2O2S. The monoisotopic (exact) mass is 472 g/mol. The maximum atomic E-state index is 12.5. The molecule has 3 rings (SSSR count). The molecule has 1 aromatic carbocycles. The predicted octanol–water partition coefficient (Wildman–Crippen LogP) is 7.24. The molecule has 0 amide bonds. The average Bonchev–Trinajstić information content (AvgIpc) is 3.05. The van der Waals surface area contributed by atoms with Crippen LogP contribution >= 0.6 is 0 Å². The Hall–Kier alpha value is -1.59. The number of hydrogen-bond acceptors (Lipinski definition) is 2. The first-order chi connectivity index (χ1) is 15.1. The van der Waals surface area contributed by atoms with Crippen LogP contribution in [-0.2, 0) is 20.9 Å². The van der Waals surface area contributed by atoms with Crippen LogP contribution in [0.5, 0.6) is 0 Å². The van der Waals surface area contributed by atoms with Gasteiger partial charge in [0.15, 0.2) is 0 Å². The third-order valence-electron chi connectivity index (χ3n) is 7.35. The van der Waals surface area contributed by atoms with E-state index in [1.165, 1.54) is 43.2 Å². The number of aromatic nitrogens is 1. The topological polar surface area (TPSA) is 65.1 Å². The highest BCUT2D eigenvalue weighted by atomic mass is 32.2. The first kappa shape index (κ1) is 26.0. The van der Waals surface area contributed by atoms with E-state index in [4.69, 9.17) is 5.14 Å². The molecule has 1 heterocycles. The Balaban J connectivity index is 2.21. The van der Waals surface area contributed by atoms with E-state index in [9.17, 15) is 8.42 Å². The predicted molar refractivity (Wildman–Crippen MR) is 139 cm³/mol. The van der Waals surface area contributed by atoms with Gasteiger partial charge < -0.3 is 4.57 Å². The molecule has 0 spiro atoms. The molecule has 0 radical (unpaired) electrons. The average molecular weight is 473 g/mol. The van der Waals surface area contributed by atoms with Crippen molar-refractivity contribution in [3.05, 3.63) is 41.1 Å². The number of rotatable bonds is 5. The lowest BCUT2D eigenvalue weighted by Crippen LogP contribution is -2.18. The Kier molecular flexibility index (Phi) is 7.27. The second-order valence-corrected chi connectivity index (χ2v) is 13.8. The maximum absolute atomic E-state index is 12.5. The quantitative estimate of drug-likeness (QED) is 0.498. The smallest absolute Gasteiger partial charge is 0.239 e. The molecule has 2 aromatic rings. The molecule has 1 atom stereocenters. The van der Waals surface area contributed by atoms with Crippen LogP contribution < -0.4 is 5.14 Å². The van der Waals surface area contributed by atoms with Gasteiger partial charge in [-0.15, -0.1) is 0 Å². The van der Waals surface area contributed by atoms with Crippen LogP contribution in [0.3, 0.4) is 0 Å². The molecule has 1 aliphatic carbocycles. The van der Waals surface area contributed by atoms with E-state index in [1.807, 2.05) is 6.92 Å².